The third kappa shape index (κ3) is 24.5. The summed E-state index contributed by atoms with van der Waals surface area (Å²) in [6, 6.07) is 0. The molecule has 2 aliphatic carbocycles. The van der Waals surface area contributed by atoms with Crippen LogP contribution in [-0.2, 0) is 15.6 Å². The average molecular weight is 1140 g/mol. The first-order valence-corrected chi connectivity index (χ1v) is 31.9. The van der Waals surface area contributed by atoms with E-state index in [1.54, 1.807) is 34.7 Å². The maximum absolute atomic E-state index is 11.4. The zero-order valence-corrected chi connectivity index (χ0v) is 61.2. The molecular weight excluding hydrogens is 1000 g/mol. The number of rotatable bonds is 0. The molecule has 0 unspecified atom stereocenters. The van der Waals surface area contributed by atoms with Crippen LogP contribution in [0.2, 0.25) is 0 Å². The molecule has 1 aromatic rings. The highest BCUT2D eigenvalue weighted by molar-refractivity contribution is 6.46. The number of amides is 1. The van der Waals surface area contributed by atoms with Crippen LogP contribution >= 0.6 is 0 Å². The molecule has 4 heterocycles. The second kappa shape index (κ2) is 27.9. The van der Waals surface area contributed by atoms with Crippen LogP contribution < -0.4 is 5.32 Å². The molecule has 5 aliphatic rings. The van der Waals surface area contributed by atoms with E-state index in [2.05, 4.69) is 280 Å². The number of aromatic nitrogens is 2. The number of nitrogens with one attached hydrogen (secondary N) is 1. The molecule has 3 aliphatic heterocycles. The molecule has 7 heteroatoms. The first-order chi connectivity index (χ1) is 36.3. The summed E-state index contributed by atoms with van der Waals surface area (Å²) in [6.45, 7) is 81.7. The number of nitrogens with zero attached hydrogens (tertiary/aromatic N) is 5. The van der Waals surface area contributed by atoms with Gasteiger partial charge in [0.1, 0.15) is 6.67 Å². The van der Waals surface area contributed by atoms with Crippen molar-refractivity contribution in [3.63, 3.8) is 0 Å². The molecule has 1 N–H and O–H groups in total. The highest BCUT2D eigenvalue weighted by Crippen LogP contribution is 2.47. The highest BCUT2D eigenvalue weighted by atomic mass is 16.1. The summed E-state index contributed by atoms with van der Waals surface area (Å²) in [4.78, 5) is 33.8. The molecule has 1 amide bonds. The van der Waals surface area contributed by atoms with Gasteiger partial charge in [-0.2, -0.15) is 0 Å². The molecule has 82 heavy (non-hydrogen) atoms. The quantitative estimate of drug-likeness (QED) is 0.262. The van der Waals surface area contributed by atoms with Gasteiger partial charge in [0.2, 0.25) is 5.91 Å². The van der Waals surface area contributed by atoms with Gasteiger partial charge in [0.15, 0.2) is 0 Å². The lowest BCUT2D eigenvalue weighted by Gasteiger charge is -2.36. The lowest BCUT2D eigenvalue weighted by Crippen LogP contribution is -2.37. The average Bonchev–Trinajstić information content (AvgIpc) is 4.08. The first kappa shape index (κ1) is 76.5. The van der Waals surface area contributed by atoms with Gasteiger partial charge < -0.3 is 5.32 Å². The van der Waals surface area contributed by atoms with E-state index in [1.165, 1.54) is 73.2 Å². The molecule has 470 valence electrons. The summed E-state index contributed by atoms with van der Waals surface area (Å²) < 4.78 is 0. The summed E-state index contributed by atoms with van der Waals surface area (Å²) in [5.74, 6) is 0.160. The van der Waals surface area contributed by atoms with E-state index in [0.29, 0.717) is 34.7 Å². The summed E-state index contributed by atoms with van der Waals surface area (Å²) in [7, 11) is 0. The zero-order chi connectivity index (χ0) is 64.6. The Morgan fingerprint density at radius 3 is 0.902 bits per heavy atom. The van der Waals surface area contributed by atoms with Crippen LogP contribution in [0.25, 0.3) is 0 Å². The van der Waals surface area contributed by atoms with Crippen molar-refractivity contribution >= 4 is 23.5 Å². The molecule has 6 rings (SSSR count). The van der Waals surface area contributed by atoms with E-state index in [9.17, 15) is 4.79 Å². The molecule has 0 spiro atoms. The molecule has 0 fully saturated rings. The summed E-state index contributed by atoms with van der Waals surface area (Å²) in [5.41, 5.74) is 19.3. The normalized spacial score (nSPS) is 18.2. The number of hydrogen-bond donors (Lipinski definition) is 1. The topological polar surface area (TPSA) is 92.0 Å². The van der Waals surface area contributed by atoms with E-state index < -0.39 is 0 Å². The molecule has 0 saturated carbocycles. The molecule has 7 nitrogen and oxygen atoms in total. The van der Waals surface area contributed by atoms with Crippen LogP contribution in [0.1, 0.15) is 325 Å². The molecule has 0 saturated heterocycles. The molecular formula is C75H134N6O. The molecule has 1 aromatic heterocycles. The van der Waals surface area contributed by atoms with Gasteiger partial charge in [0, 0.05) is 75.3 Å². The standard InChI is InChI=1S/C14H26.C13H23NO.C13H24.C12H20N2.C12H21N.C11H20N2/c1-13(2,3)11-9-7-8-10-12(11)14(4,5)6;1-12(2,3)9-7-8-10(15)14-11(9)13(4,5)6;1-12(2,3)10-8-7-9-11(10)13(4,5)6;1-11(2,3)9-10(12(4,5)6)14-8-7-13-9;1-11(2,3)9-7-8-13-10(9)12(4,5)6;1-10(2,3)8-9(11(4,5)6)13-7-12-8/h7-10H2,1-6H3;7-8H2,1-6H3,(H,14,15);7-9H2,1-6H3;7-8H,1-6H3;8H,7H2,1-6H3;7H2,1-6H3. The number of carbonyl (C=O) groups is 1. The summed E-state index contributed by atoms with van der Waals surface area (Å²) in [6.07, 6.45) is 17.6. The Morgan fingerprint density at radius 1 is 0.329 bits per heavy atom. The minimum atomic E-state index is 0.0265. The van der Waals surface area contributed by atoms with Crippen molar-refractivity contribution in [2.75, 3.05) is 6.67 Å². The largest absolute Gasteiger partial charge is 0.329 e. The maximum atomic E-state index is 11.4. The lowest BCUT2D eigenvalue weighted by molar-refractivity contribution is -0.121. The van der Waals surface area contributed by atoms with Crippen LogP contribution in [0.4, 0.5) is 0 Å². The highest BCUT2D eigenvalue weighted by Gasteiger charge is 2.36. The van der Waals surface area contributed by atoms with Crippen LogP contribution in [0, 0.1) is 54.1 Å². The smallest absolute Gasteiger partial charge is 0.224 e. The van der Waals surface area contributed by atoms with E-state index in [1.807, 2.05) is 6.21 Å². The van der Waals surface area contributed by atoms with Crippen molar-refractivity contribution in [3.05, 3.63) is 68.6 Å². The second-order valence-corrected chi connectivity index (χ2v) is 36.6. The van der Waals surface area contributed by atoms with Crippen LogP contribution in [-0.4, -0.2) is 40.2 Å². The van der Waals surface area contributed by atoms with Crippen molar-refractivity contribution in [3.8, 4) is 0 Å². The van der Waals surface area contributed by atoms with Gasteiger partial charge in [-0.05, 0) is 95.0 Å². The van der Waals surface area contributed by atoms with Gasteiger partial charge in [-0.1, -0.05) is 272 Å². The number of hydrogen-bond acceptors (Lipinski definition) is 6. The molecule has 0 bridgehead atoms. The van der Waals surface area contributed by atoms with Crippen molar-refractivity contribution in [1.29, 1.82) is 0 Å². The minimum absolute atomic E-state index is 0.0265. The van der Waals surface area contributed by atoms with E-state index in [4.69, 9.17) is 0 Å². The first-order valence-electron chi connectivity index (χ1n) is 31.9. The number of carbonyl (C=O) groups excluding carboxylic acids is 1. The fraction of sp³-hybridized carbons (Fsp3) is 0.787. The van der Waals surface area contributed by atoms with Gasteiger partial charge in [0.25, 0.3) is 0 Å². The second-order valence-electron chi connectivity index (χ2n) is 36.6. The third-order valence-electron chi connectivity index (χ3n) is 15.8. The number of aliphatic imine (C=N–C) groups is 3. The van der Waals surface area contributed by atoms with Crippen molar-refractivity contribution in [2.24, 2.45) is 69.1 Å². The Kier molecular flexibility index (Phi) is 26.1. The zero-order valence-electron chi connectivity index (χ0n) is 61.2. The minimum Gasteiger partial charge on any atom is -0.329 e. The van der Waals surface area contributed by atoms with E-state index >= 15 is 0 Å². The van der Waals surface area contributed by atoms with E-state index in [-0.39, 0.29) is 49.2 Å². The monoisotopic (exact) mass is 1140 g/mol. The van der Waals surface area contributed by atoms with Gasteiger partial charge >= 0.3 is 0 Å². The molecule has 0 aromatic carbocycles. The van der Waals surface area contributed by atoms with Crippen molar-refractivity contribution in [2.45, 2.75) is 324 Å². The fourth-order valence-corrected chi connectivity index (χ4v) is 11.6. The third-order valence-corrected chi connectivity index (χ3v) is 15.8. The van der Waals surface area contributed by atoms with E-state index in [0.717, 1.165) is 29.9 Å². The van der Waals surface area contributed by atoms with Crippen LogP contribution in [0.3, 0.4) is 0 Å². The fourth-order valence-electron chi connectivity index (χ4n) is 11.6. The van der Waals surface area contributed by atoms with Crippen molar-refractivity contribution in [1.82, 2.24) is 15.3 Å². The van der Waals surface area contributed by atoms with Gasteiger partial charge in [-0.25, -0.2) is 0 Å². The Balaban J connectivity index is 0.000000492. The number of allylic oxidation sites excluding steroid dienone is 8. The Bertz CT molecular complexity index is 2370. The SMILES string of the molecule is CC(C)(C)C1=C(C(C)(C)C)CCC1.CC(C)(C)C1=C(C(C)(C)C)CCCC1.CC(C)(C)C1=C(C(C)(C)C)N=CC1.CC(C)(C)C1=C(C(C)(C)C)NC(=O)CC1.CC(C)(C)C1=NCN=C1C(C)(C)C.CC(C)(C)c1nccnc1C(C)(C)C. The van der Waals surface area contributed by atoms with Crippen LogP contribution in [0.5, 0.6) is 0 Å². The Morgan fingerprint density at radius 2 is 0.646 bits per heavy atom. The Hall–Kier alpha value is -3.48. The Labute approximate surface area is 509 Å². The van der Waals surface area contributed by atoms with Crippen molar-refractivity contribution < 1.29 is 4.79 Å². The maximum Gasteiger partial charge on any atom is 0.224 e. The molecule has 0 atom stereocenters. The molecule has 0 radical (unpaired) electrons. The predicted octanol–water partition coefficient (Wildman–Crippen LogP) is 22.6. The van der Waals surface area contributed by atoms with Crippen LogP contribution in [0.15, 0.2) is 72.2 Å². The summed E-state index contributed by atoms with van der Waals surface area (Å²) >= 11 is 0. The van der Waals surface area contributed by atoms with Gasteiger partial charge in [-0.3, -0.25) is 29.7 Å². The predicted molar refractivity (Wildman–Crippen MR) is 365 cm³/mol. The van der Waals surface area contributed by atoms with Gasteiger partial charge in [0.05, 0.1) is 22.8 Å². The summed E-state index contributed by atoms with van der Waals surface area (Å²) in [5, 5.41) is 3.05. The van der Waals surface area contributed by atoms with Gasteiger partial charge in [-0.15, -0.1) is 0 Å². The lowest BCUT2D eigenvalue weighted by atomic mass is 9.69.